The zero-order valence-electron chi connectivity index (χ0n) is 13.1. The van der Waals surface area contributed by atoms with Crippen LogP contribution in [-0.4, -0.2) is 39.8 Å². The Kier molecular flexibility index (Phi) is 4.29. The maximum absolute atomic E-state index is 12.6. The van der Waals surface area contributed by atoms with E-state index >= 15 is 0 Å². The molecule has 2 heterocycles. The van der Waals surface area contributed by atoms with Gasteiger partial charge in [-0.05, 0) is 18.2 Å². The predicted molar refractivity (Wildman–Crippen MR) is 95.1 cm³/mol. The summed E-state index contributed by atoms with van der Waals surface area (Å²) in [6, 6.07) is 4.48. The molecule has 0 saturated heterocycles. The molecule has 25 heavy (non-hydrogen) atoms. The Labute approximate surface area is 146 Å². The molecule has 0 unspecified atom stereocenters. The first kappa shape index (κ1) is 17.4. The summed E-state index contributed by atoms with van der Waals surface area (Å²) in [4.78, 5) is 28.0. The molecule has 0 radical (unpaired) electrons. The van der Waals surface area contributed by atoms with E-state index in [1.165, 1.54) is 25.1 Å². The molecule has 0 aliphatic heterocycles. The second-order valence-corrected chi connectivity index (χ2v) is 8.39. The van der Waals surface area contributed by atoms with Crippen molar-refractivity contribution in [2.45, 2.75) is 13.5 Å². The summed E-state index contributed by atoms with van der Waals surface area (Å²) in [5.41, 5.74) is -1.11. The predicted octanol–water partition coefficient (Wildman–Crippen LogP) is 1.03. The van der Waals surface area contributed by atoms with Crippen LogP contribution in [-0.2, 0) is 16.4 Å². The van der Waals surface area contributed by atoms with E-state index in [1.54, 1.807) is 0 Å². The average Bonchev–Trinajstić information content (AvgIpc) is 2.56. The lowest BCUT2D eigenvalue weighted by molar-refractivity contribution is 0.428. The minimum absolute atomic E-state index is 0.0761. The van der Waals surface area contributed by atoms with E-state index in [1.807, 2.05) is 0 Å². The summed E-state index contributed by atoms with van der Waals surface area (Å²) in [5.74, 6) is -0.960. The lowest BCUT2D eigenvalue weighted by atomic mass is 10.1. The maximum atomic E-state index is 12.6. The molecule has 0 bridgehead atoms. The van der Waals surface area contributed by atoms with Gasteiger partial charge >= 0.3 is 0 Å². The fourth-order valence-electron chi connectivity index (χ4n) is 2.50. The van der Waals surface area contributed by atoms with Gasteiger partial charge in [0.25, 0.3) is 11.4 Å². The first-order valence-electron chi connectivity index (χ1n) is 7.39. The third-order valence-corrected chi connectivity index (χ3v) is 5.82. The molecular formula is C15H14ClN3O5S. The number of nitrogens with one attached hydrogen (secondary N) is 1. The van der Waals surface area contributed by atoms with Crippen molar-refractivity contribution in [1.29, 1.82) is 0 Å². The van der Waals surface area contributed by atoms with Gasteiger partial charge in [0.05, 0.1) is 17.8 Å². The molecule has 132 valence electrons. The standard InChI is InChI=1S/C15H14ClN3O5S/c1-2-25(23,24)6-5-19-15(22)11-12(14(21)18-19)17-10-7-8(16)3-4-9(10)13(11)20/h3-4,7H,2,5-6H2,1H3,(H,17,20)(H,18,21). The highest BCUT2D eigenvalue weighted by molar-refractivity contribution is 7.91. The van der Waals surface area contributed by atoms with Crippen LogP contribution in [0.25, 0.3) is 21.8 Å². The molecule has 0 saturated carbocycles. The number of hydrogen-bond donors (Lipinski definition) is 2. The molecule has 0 atom stereocenters. The summed E-state index contributed by atoms with van der Waals surface area (Å²) in [5, 5.41) is 14.1. The molecule has 10 heteroatoms. The normalized spacial score (nSPS) is 12.1. The van der Waals surface area contributed by atoms with Crippen molar-refractivity contribution in [3.05, 3.63) is 43.8 Å². The quantitative estimate of drug-likeness (QED) is 0.649. The average molecular weight is 384 g/mol. The molecule has 2 aromatic heterocycles. The van der Waals surface area contributed by atoms with Crippen molar-refractivity contribution in [3.63, 3.8) is 0 Å². The summed E-state index contributed by atoms with van der Waals surface area (Å²) < 4.78 is 24.0. The second-order valence-electron chi connectivity index (χ2n) is 5.48. The van der Waals surface area contributed by atoms with Gasteiger partial charge in [-0.25, -0.2) is 13.1 Å². The minimum Gasteiger partial charge on any atom is -0.491 e. The Bertz CT molecular complexity index is 1210. The number of benzene rings is 1. The molecule has 0 aliphatic rings. The van der Waals surface area contributed by atoms with Crippen LogP contribution >= 0.6 is 11.6 Å². The van der Waals surface area contributed by atoms with Crippen molar-refractivity contribution in [1.82, 2.24) is 14.8 Å². The molecule has 0 fully saturated rings. The number of H-pyrrole nitrogens is 1. The topological polar surface area (TPSA) is 122 Å². The summed E-state index contributed by atoms with van der Waals surface area (Å²) in [6.45, 7) is 1.24. The SMILES string of the molecule is CCS(=O)(=O)CCn1nc(O)c2[nH]c3cc(Cl)ccc3c(=O)c2c1=O. The van der Waals surface area contributed by atoms with Gasteiger partial charge in [0.2, 0.25) is 5.43 Å². The van der Waals surface area contributed by atoms with Crippen molar-refractivity contribution in [2.75, 3.05) is 11.5 Å². The van der Waals surface area contributed by atoms with Gasteiger partial charge < -0.3 is 10.1 Å². The van der Waals surface area contributed by atoms with E-state index in [2.05, 4.69) is 10.1 Å². The fraction of sp³-hybridized carbons (Fsp3) is 0.267. The smallest absolute Gasteiger partial charge is 0.280 e. The van der Waals surface area contributed by atoms with E-state index in [0.717, 1.165) is 4.68 Å². The first-order valence-corrected chi connectivity index (χ1v) is 9.59. The number of aromatic hydroxyl groups is 1. The zero-order valence-corrected chi connectivity index (χ0v) is 14.7. The van der Waals surface area contributed by atoms with Crippen LogP contribution in [0.3, 0.4) is 0 Å². The van der Waals surface area contributed by atoms with Gasteiger partial charge in [0.1, 0.15) is 10.9 Å². The monoisotopic (exact) mass is 383 g/mol. The van der Waals surface area contributed by atoms with E-state index in [9.17, 15) is 23.1 Å². The van der Waals surface area contributed by atoms with E-state index in [0.29, 0.717) is 10.5 Å². The van der Waals surface area contributed by atoms with Crippen molar-refractivity contribution in [2.24, 2.45) is 0 Å². The second kappa shape index (κ2) is 6.16. The number of pyridine rings is 1. The van der Waals surface area contributed by atoms with E-state index in [-0.39, 0.29) is 34.3 Å². The van der Waals surface area contributed by atoms with E-state index in [4.69, 9.17) is 11.6 Å². The van der Waals surface area contributed by atoms with Gasteiger partial charge in [-0.1, -0.05) is 18.5 Å². The molecule has 2 N–H and O–H groups in total. The number of aromatic nitrogens is 3. The Balaban J connectivity index is 2.28. The lowest BCUT2D eigenvalue weighted by Gasteiger charge is -2.09. The molecule has 0 spiro atoms. The molecule has 0 amide bonds. The highest BCUT2D eigenvalue weighted by Gasteiger charge is 2.17. The number of fused-ring (bicyclic) bond motifs is 2. The van der Waals surface area contributed by atoms with Gasteiger partial charge in [-0.15, -0.1) is 5.10 Å². The van der Waals surface area contributed by atoms with Gasteiger partial charge in [0, 0.05) is 16.2 Å². The van der Waals surface area contributed by atoms with Crippen LogP contribution < -0.4 is 11.0 Å². The van der Waals surface area contributed by atoms with E-state index < -0.39 is 26.7 Å². The Morgan fingerprint density at radius 3 is 2.72 bits per heavy atom. The largest absolute Gasteiger partial charge is 0.491 e. The van der Waals surface area contributed by atoms with Crippen LogP contribution in [0.5, 0.6) is 5.88 Å². The molecule has 1 aromatic carbocycles. The van der Waals surface area contributed by atoms with Crippen LogP contribution in [0.2, 0.25) is 5.02 Å². The highest BCUT2D eigenvalue weighted by Crippen LogP contribution is 2.20. The fourth-order valence-corrected chi connectivity index (χ4v) is 3.41. The molecule has 0 aliphatic carbocycles. The summed E-state index contributed by atoms with van der Waals surface area (Å²) in [7, 11) is -3.33. The van der Waals surface area contributed by atoms with Crippen molar-refractivity contribution >= 4 is 43.2 Å². The van der Waals surface area contributed by atoms with Gasteiger partial charge in [0.15, 0.2) is 9.84 Å². The zero-order chi connectivity index (χ0) is 18.4. The van der Waals surface area contributed by atoms with Crippen LogP contribution in [0, 0.1) is 0 Å². The number of hydrogen-bond acceptors (Lipinski definition) is 6. The lowest BCUT2D eigenvalue weighted by Crippen LogP contribution is -2.30. The Hall–Kier alpha value is -2.39. The molecule has 3 aromatic rings. The number of aromatic amines is 1. The molecular weight excluding hydrogens is 370 g/mol. The summed E-state index contributed by atoms with van der Waals surface area (Å²) >= 11 is 5.89. The van der Waals surface area contributed by atoms with Crippen molar-refractivity contribution < 1.29 is 13.5 Å². The van der Waals surface area contributed by atoms with Gasteiger partial charge in [-0.2, -0.15) is 0 Å². The van der Waals surface area contributed by atoms with Crippen molar-refractivity contribution in [3.8, 4) is 5.88 Å². The highest BCUT2D eigenvalue weighted by atomic mass is 35.5. The van der Waals surface area contributed by atoms with Crippen LogP contribution in [0.4, 0.5) is 0 Å². The molecule has 3 rings (SSSR count). The van der Waals surface area contributed by atoms with Gasteiger partial charge in [-0.3, -0.25) is 9.59 Å². The first-order chi connectivity index (χ1) is 11.7. The van der Waals surface area contributed by atoms with Crippen LogP contribution in [0.15, 0.2) is 27.8 Å². The number of aryl methyl sites for hydroxylation is 1. The Morgan fingerprint density at radius 1 is 1.32 bits per heavy atom. The summed E-state index contributed by atoms with van der Waals surface area (Å²) in [6.07, 6.45) is 0. The third kappa shape index (κ3) is 3.12. The third-order valence-electron chi connectivity index (χ3n) is 3.90. The minimum atomic E-state index is -3.33. The maximum Gasteiger partial charge on any atom is 0.280 e. The van der Waals surface area contributed by atoms with Crippen LogP contribution in [0.1, 0.15) is 6.92 Å². The number of halogens is 1. The Morgan fingerprint density at radius 2 is 2.04 bits per heavy atom. The number of rotatable bonds is 4. The number of sulfone groups is 1. The number of nitrogens with zero attached hydrogens (tertiary/aromatic N) is 2. The molecule has 8 nitrogen and oxygen atoms in total.